The monoisotopic (exact) mass is 228 g/mol. The fraction of sp³-hybridized carbons (Fsp3) is 0. The minimum absolute atomic E-state index is 0.116. The zero-order valence-corrected chi connectivity index (χ0v) is 8.85. The molecule has 1 heterocycles. The molecule has 3 rings (SSSR count). The molecule has 0 saturated heterocycles. The van der Waals surface area contributed by atoms with Crippen molar-refractivity contribution in [3.05, 3.63) is 48.3 Å². The van der Waals surface area contributed by atoms with Gasteiger partial charge in [-0.25, -0.2) is 9.37 Å². The van der Waals surface area contributed by atoms with Crippen LogP contribution in [0.15, 0.2) is 46.9 Å². The van der Waals surface area contributed by atoms with Crippen molar-refractivity contribution in [1.82, 2.24) is 4.98 Å². The van der Waals surface area contributed by atoms with E-state index in [1.807, 2.05) is 24.3 Å². The van der Waals surface area contributed by atoms with E-state index < -0.39 is 5.82 Å². The molecule has 0 bridgehead atoms. The van der Waals surface area contributed by atoms with Crippen LogP contribution in [0.4, 0.5) is 10.1 Å². The first kappa shape index (κ1) is 9.84. The minimum Gasteiger partial charge on any atom is -0.436 e. The zero-order chi connectivity index (χ0) is 11.8. The van der Waals surface area contributed by atoms with Gasteiger partial charge in [0.05, 0.1) is 5.69 Å². The molecule has 3 aromatic rings. The molecule has 0 spiro atoms. The highest BCUT2D eigenvalue weighted by molar-refractivity contribution is 5.76. The van der Waals surface area contributed by atoms with Gasteiger partial charge in [0.1, 0.15) is 11.3 Å². The van der Waals surface area contributed by atoms with Crippen LogP contribution in [0, 0.1) is 5.82 Å². The Balaban J connectivity index is 2.17. The van der Waals surface area contributed by atoms with Crippen molar-refractivity contribution >= 4 is 16.8 Å². The van der Waals surface area contributed by atoms with Gasteiger partial charge >= 0.3 is 0 Å². The second-order valence-corrected chi connectivity index (χ2v) is 3.72. The lowest BCUT2D eigenvalue weighted by Gasteiger charge is -1.98. The first-order chi connectivity index (χ1) is 8.24. The van der Waals surface area contributed by atoms with Gasteiger partial charge in [0.2, 0.25) is 5.89 Å². The molecule has 0 atom stereocenters. The fourth-order valence-corrected chi connectivity index (χ4v) is 1.66. The second kappa shape index (κ2) is 3.59. The summed E-state index contributed by atoms with van der Waals surface area (Å²) in [4.78, 5) is 4.28. The van der Waals surface area contributed by atoms with E-state index in [1.54, 1.807) is 6.07 Å². The van der Waals surface area contributed by atoms with Crippen molar-refractivity contribution in [1.29, 1.82) is 0 Å². The van der Waals surface area contributed by atoms with Crippen LogP contribution in [0.25, 0.3) is 22.6 Å². The van der Waals surface area contributed by atoms with E-state index in [4.69, 9.17) is 10.2 Å². The SMILES string of the molecule is Nc1ccc(-c2nc3ccccc3o2)cc1F. The van der Waals surface area contributed by atoms with Gasteiger partial charge in [-0.2, -0.15) is 0 Å². The van der Waals surface area contributed by atoms with E-state index in [-0.39, 0.29) is 5.69 Å². The average molecular weight is 228 g/mol. The molecular formula is C13H9FN2O. The maximum atomic E-state index is 13.3. The largest absolute Gasteiger partial charge is 0.436 e. The highest BCUT2D eigenvalue weighted by atomic mass is 19.1. The third kappa shape index (κ3) is 1.63. The van der Waals surface area contributed by atoms with E-state index in [2.05, 4.69) is 4.98 Å². The van der Waals surface area contributed by atoms with Crippen LogP contribution in [0.2, 0.25) is 0 Å². The Labute approximate surface area is 96.7 Å². The quantitative estimate of drug-likeness (QED) is 0.650. The number of halogens is 1. The molecular weight excluding hydrogens is 219 g/mol. The molecule has 4 heteroatoms. The lowest BCUT2D eigenvalue weighted by molar-refractivity contribution is 0.613. The Kier molecular flexibility index (Phi) is 2.08. The van der Waals surface area contributed by atoms with Crippen molar-refractivity contribution in [3.63, 3.8) is 0 Å². The molecule has 0 saturated carbocycles. The molecule has 17 heavy (non-hydrogen) atoms. The Morgan fingerprint density at radius 1 is 1.12 bits per heavy atom. The van der Waals surface area contributed by atoms with E-state index in [0.717, 1.165) is 5.52 Å². The molecule has 0 aliphatic carbocycles. The number of nitrogen functional groups attached to an aromatic ring is 1. The molecule has 0 amide bonds. The highest BCUT2D eigenvalue weighted by Gasteiger charge is 2.09. The predicted molar refractivity (Wildman–Crippen MR) is 63.8 cm³/mol. The van der Waals surface area contributed by atoms with Crippen LogP contribution in [0.3, 0.4) is 0 Å². The Bertz CT molecular complexity index is 658. The third-order valence-electron chi connectivity index (χ3n) is 2.54. The number of anilines is 1. The molecule has 84 valence electrons. The molecule has 0 aliphatic heterocycles. The number of hydrogen-bond acceptors (Lipinski definition) is 3. The van der Waals surface area contributed by atoms with Gasteiger partial charge < -0.3 is 10.2 Å². The average Bonchev–Trinajstić information content (AvgIpc) is 2.76. The summed E-state index contributed by atoms with van der Waals surface area (Å²) in [5, 5.41) is 0. The van der Waals surface area contributed by atoms with Gasteiger partial charge in [-0.05, 0) is 30.3 Å². The van der Waals surface area contributed by atoms with Crippen molar-refractivity contribution in [2.75, 3.05) is 5.73 Å². The Morgan fingerprint density at radius 2 is 1.94 bits per heavy atom. The molecule has 2 N–H and O–H groups in total. The molecule has 0 radical (unpaired) electrons. The summed E-state index contributed by atoms with van der Waals surface area (Å²) in [7, 11) is 0. The number of oxazole rings is 1. The van der Waals surface area contributed by atoms with Gasteiger partial charge in [0.15, 0.2) is 5.58 Å². The van der Waals surface area contributed by atoms with Crippen LogP contribution in [-0.4, -0.2) is 4.98 Å². The van der Waals surface area contributed by atoms with Crippen LogP contribution in [0.5, 0.6) is 0 Å². The molecule has 3 nitrogen and oxygen atoms in total. The van der Waals surface area contributed by atoms with E-state index in [9.17, 15) is 4.39 Å². The first-order valence-corrected chi connectivity index (χ1v) is 5.15. The molecule has 2 aromatic carbocycles. The third-order valence-corrected chi connectivity index (χ3v) is 2.54. The van der Waals surface area contributed by atoms with Crippen molar-refractivity contribution in [2.45, 2.75) is 0 Å². The summed E-state index contributed by atoms with van der Waals surface area (Å²) in [5.41, 5.74) is 7.54. The summed E-state index contributed by atoms with van der Waals surface area (Å²) in [6.07, 6.45) is 0. The fourth-order valence-electron chi connectivity index (χ4n) is 1.66. The van der Waals surface area contributed by atoms with Crippen molar-refractivity contribution in [3.8, 4) is 11.5 Å². The smallest absolute Gasteiger partial charge is 0.227 e. The van der Waals surface area contributed by atoms with E-state index in [0.29, 0.717) is 17.0 Å². The molecule has 1 aromatic heterocycles. The van der Waals surface area contributed by atoms with Crippen molar-refractivity contribution in [2.24, 2.45) is 0 Å². The summed E-state index contributed by atoms with van der Waals surface area (Å²) in [5.74, 6) is -0.0742. The lowest BCUT2D eigenvalue weighted by atomic mass is 10.2. The number of nitrogens with two attached hydrogens (primary N) is 1. The minimum atomic E-state index is -0.468. The van der Waals surface area contributed by atoms with E-state index >= 15 is 0 Å². The normalized spacial score (nSPS) is 10.9. The number of aromatic nitrogens is 1. The Hall–Kier alpha value is -2.36. The number of para-hydroxylation sites is 2. The Morgan fingerprint density at radius 3 is 2.71 bits per heavy atom. The van der Waals surface area contributed by atoms with Gasteiger partial charge in [-0.1, -0.05) is 12.1 Å². The number of rotatable bonds is 1. The number of fused-ring (bicyclic) bond motifs is 1. The predicted octanol–water partition coefficient (Wildman–Crippen LogP) is 3.22. The maximum Gasteiger partial charge on any atom is 0.227 e. The van der Waals surface area contributed by atoms with Gasteiger partial charge in [0, 0.05) is 5.56 Å². The standard InChI is InChI=1S/C13H9FN2O/c14-9-7-8(5-6-10(9)15)13-16-11-3-1-2-4-12(11)17-13/h1-7H,15H2. The highest BCUT2D eigenvalue weighted by Crippen LogP contribution is 2.25. The van der Waals surface area contributed by atoms with Crippen molar-refractivity contribution < 1.29 is 8.81 Å². The number of nitrogens with zero attached hydrogens (tertiary/aromatic N) is 1. The first-order valence-electron chi connectivity index (χ1n) is 5.15. The van der Waals surface area contributed by atoms with Gasteiger partial charge in [-0.3, -0.25) is 0 Å². The van der Waals surface area contributed by atoms with Gasteiger partial charge in [-0.15, -0.1) is 0 Å². The summed E-state index contributed by atoms with van der Waals surface area (Å²) >= 11 is 0. The molecule has 0 unspecified atom stereocenters. The summed E-state index contributed by atoms with van der Waals surface area (Å²) in [6, 6.07) is 11.9. The van der Waals surface area contributed by atoms with Crippen LogP contribution >= 0.6 is 0 Å². The molecule has 0 fully saturated rings. The lowest BCUT2D eigenvalue weighted by Crippen LogP contribution is -1.90. The summed E-state index contributed by atoms with van der Waals surface area (Å²) < 4.78 is 18.9. The second-order valence-electron chi connectivity index (χ2n) is 3.72. The zero-order valence-electron chi connectivity index (χ0n) is 8.85. The van der Waals surface area contributed by atoms with E-state index in [1.165, 1.54) is 12.1 Å². The topological polar surface area (TPSA) is 52.0 Å². The van der Waals surface area contributed by atoms with Gasteiger partial charge in [0.25, 0.3) is 0 Å². The maximum absolute atomic E-state index is 13.3. The van der Waals surface area contributed by atoms with Crippen LogP contribution in [0.1, 0.15) is 0 Å². The molecule has 0 aliphatic rings. The van der Waals surface area contributed by atoms with Crippen LogP contribution < -0.4 is 5.73 Å². The van der Waals surface area contributed by atoms with Crippen LogP contribution in [-0.2, 0) is 0 Å². The number of hydrogen-bond donors (Lipinski definition) is 1. The number of benzene rings is 2. The summed E-state index contributed by atoms with van der Waals surface area (Å²) in [6.45, 7) is 0.